The van der Waals surface area contributed by atoms with Crippen LogP contribution in [0.2, 0.25) is 0 Å². The second kappa shape index (κ2) is 23.7. The maximum Gasteiger partial charge on any atom is 0.0462 e. The van der Waals surface area contributed by atoms with Crippen molar-refractivity contribution in [2.45, 2.75) is 0 Å². The zero-order valence-electron chi connectivity index (χ0n) is 42.2. The first-order valence-electron chi connectivity index (χ1n) is 25.9. The summed E-state index contributed by atoms with van der Waals surface area (Å²) >= 11 is 0. The predicted molar refractivity (Wildman–Crippen MR) is 326 cm³/mol. The van der Waals surface area contributed by atoms with Crippen molar-refractivity contribution >= 4 is 81.7 Å². The van der Waals surface area contributed by atoms with Crippen LogP contribution >= 0.6 is 0 Å². The molecule has 0 atom stereocenters. The maximum absolute atomic E-state index is 2.31. The van der Waals surface area contributed by atoms with E-state index in [1.54, 1.807) is 0 Å². The number of hydrogen-bond donors (Lipinski definition) is 0. The summed E-state index contributed by atoms with van der Waals surface area (Å²) in [4.78, 5) is 4.62. The molecule has 0 aromatic heterocycles. The highest BCUT2D eigenvalue weighted by Gasteiger charge is 2.15. The molecule has 76 heavy (non-hydrogen) atoms. The monoisotopic (exact) mass is 972 g/mol. The Morgan fingerprint density at radius 1 is 0.197 bits per heavy atom. The minimum Gasteiger partial charge on any atom is -0.311 e. The van der Waals surface area contributed by atoms with Crippen molar-refractivity contribution in [1.82, 2.24) is 0 Å². The van der Waals surface area contributed by atoms with Crippen LogP contribution in [-0.4, -0.2) is 0 Å². The Kier molecular flexibility index (Phi) is 15.0. The molecule has 0 fully saturated rings. The Morgan fingerprint density at radius 3 is 0.724 bits per heavy atom. The summed E-state index contributed by atoms with van der Waals surface area (Å²) in [6.07, 6.45) is 13.3. The molecular weight excluding hydrogens is 917 g/mol. The van der Waals surface area contributed by atoms with Crippen molar-refractivity contribution in [3.63, 3.8) is 0 Å². The van der Waals surface area contributed by atoms with E-state index in [0.29, 0.717) is 0 Å². The fraction of sp³-hybridized carbons (Fsp3) is 0. The van der Waals surface area contributed by atoms with Crippen LogP contribution in [0.25, 0.3) is 47.6 Å². The summed E-state index contributed by atoms with van der Waals surface area (Å²) in [6.45, 7) is 0. The lowest BCUT2D eigenvalue weighted by atomic mass is 9.95. The Morgan fingerprint density at radius 2 is 0.434 bits per heavy atom. The van der Waals surface area contributed by atoms with Crippen LogP contribution in [-0.2, 0) is 0 Å². The lowest BCUT2D eigenvalue weighted by Crippen LogP contribution is -2.09. The van der Waals surface area contributed by atoms with Gasteiger partial charge in [-0.2, -0.15) is 0 Å². The molecule has 2 heteroatoms. The zero-order chi connectivity index (χ0) is 51.1. The van der Waals surface area contributed by atoms with Gasteiger partial charge in [0.05, 0.1) is 0 Å². The largest absolute Gasteiger partial charge is 0.311 e. The summed E-state index contributed by atoms with van der Waals surface area (Å²) in [5.41, 5.74) is 20.5. The quantitative estimate of drug-likeness (QED) is 0.0891. The molecule has 2 nitrogen and oxygen atoms in total. The third-order valence-corrected chi connectivity index (χ3v) is 13.4. The summed E-state index contributed by atoms with van der Waals surface area (Å²) in [5.74, 6) is 0. The van der Waals surface area contributed by atoms with Crippen LogP contribution in [0.4, 0.5) is 34.1 Å². The first-order chi connectivity index (χ1) is 37.7. The SMILES string of the molecule is C(=C(c1ccccc1)c1ccccc1)c1ccc(N(c2ccccc2)c2ccc(/C=C/c3cccc(/C=C/c4ccc(N(c5ccccc5)c5ccc(C=C(c6ccccc6)c6ccccc6)cc5)cc4)c3)cc2)cc1. The van der Waals surface area contributed by atoms with E-state index < -0.39 is 0 Å². The van der Waals surface area contributed by atoms with Crippen molar-refractivity contribution in [2.24, 2.45) is 0 Å². The molecule has 0 saturated heterocycles. The van der Waals surface area contributed by atoms with Crippen molar-refractivity contribution in [2.75, 3.05) is 9.80 Å². The number of anilines is 6. The van der Waals surface area contributed by atoms with Crippen molar-refractivity contribution < 1.29 is 0 Å². The second-order valence-electron chi connectivity index (χ2n) is 18.6. The van der Waals surface area contributed by atoms with Crippen LogP contribution < -0.4 is 9.80 Å². The smallest absolute Gasteiger partial charge is 0.0462 e. The second-order valence-corrected chi connectivity index (χ2v) is 18.6. The van der Waals surface area contributed by atoms with Gasteiger partial charge in [0.1, 0.15) is 0 Å². The van der Waals surface area contributed by atoms with E-state index in [2.05, 4.69) is 350 Å². The van der Waals surface area contributed by atoms with E-state index in [1.807, 2.05) is 0 Å². The molecule has 0 bridgehead atoms. The lowest BCUT2D eigenvalue weighted by Gasteiger charge is -2.25. The number of benzene rings is 11. The van der Waals surface area contributed by atoms with Gasteiger partial charge in [-0.25, -0.2) is 0 Å². The molecule has 0 heterocycles. The number of rotatable bonds is 16. The predicted octanol–water partition coefficient (Wildman–Crippen LogP) is 20.1. The van der Waals surface area contributed by atoms with Crippen molar-refractivity contribution in [3.8, 4) is 0 Å². The summed E-state index contributed by atoms with van der Waals surface area (Å²) in [6, 6.07) is 108. The molecule has 0 aliphatic carbocycles. The topological polar surface area (TPSA) is 6.48 Å². The highest BCUT2D eigenvalue weighted by atomic mass is 15.1. The molecule has 0 amide bonds. The molecule has 0 radical (unpaired) electrons. The summed E-state index contributed by atoms with van der Waals surface area (Å²) in [5, 5.41) is 0. The van der Waals surface area contributed by atoms with Gasteiger partial charge in [-0.3, -0.25) is 0 Å². The minimum atomic E-state index is 1.09. The van der Waals surface area contributed by atoms with Gasteiger partial charge in [-0.05, 0) is 158 Å². The molecule has 0 spiro atoms. The van der Waals surface area contributed by atoms with E-state index in [1.165, 1.54) is 33.4 Å². The fourth-order valence-corrected chi connectivity index (χ4v) is 9.58. The van der Waals surface area contributed by atoms with Gasteiger partial charge in [0.25, 0.3) is 0 Å². The molecule has 11 aromatic rings. The Hall–Kier alpha value is -10.0. The van der Waals surface area contributed by atoms with Gasteiger partial charge in [-0.15, -0.1) is 0 Å². The van der Waals surface area contributed by atoms with Gasteiger partial charge in [0, 0.05) is 34.1 Å². The van der Waals surface area contributed by atoms with Crippen LogP contribution in [0.1, 0.15) is 55.6 Å². The molecule has 0 N–H and O–H groups in total. The van der Waals surface area contributed by atoms with Gasteiger partial charge < -0.3 is 9.80 Å². The van der Waals surface area contributed by atoms with Crippen LogP contribution in [0.5, 0.6) is 0 Å². The average molecular weight is 973 g/mol. The van der Waals surface area contributed by atoms with Gasteiger partial charge in [0.15, 0.2) is 0 Å². The van der Waals surface area contributed by atoms with Crippen LogP contribution in [0.3, 0.4) is 0 Å². The van der Waals surface area contributed by atoms with Crippen molar-refractivity contribution in [3.05, 3.63) is 359 Å². The number of hydrogen-bond acceptors (Lipinski definition) is 2. The first kappa shape index (κ1) is 48.3. The minimum absolute atomic E-state index is 1.09. The Labute approximate surface area is 448 Å². The third-order valence-electron chi connectivity index (χ3n) is 13.4. The van der Waals surface area contributed by atoms with E-state index in [4.69, 9.17) is 0 Å². The Balaban J connectivity index is 0.779. The molecule has 362 valence electrons. The maximum atomic E-state index is 2.31. The van der Waals surface area contributed by atoms with Crippen LogP contribution in [0, 0.1) is 0 Å². The normalized spacial score (nSPS) is 11.1. The molecule has 0 aliphatic rings. The lowest BCUT2D eigenvalue weighted by molar-refractivity contribution is 1.28. The van der Waals surface area contributed by atoms with Gasteiger partial charge in [0.2, 0.25) is 0 Å². The van der Waals surface area contributed by atoms with E-state index in [0.717, 1.165) is 67.5 Å². The molecule has 11 aromatic carbocycles. The number of nitrogens with zero attached hydrogens (tertiary/aromatic N) is 2. The van der Waals surface area contributed by atoms with Gasteiger partial charge >= 0.3 is 0 Å². The average Bonchev–Trinajstić information content (AvgIpc) is 3.50. The molecule has 0 saturated carbocycles. The highest BCUT2D eigenvalue weighted by Crippen LogP contribution is 2.38. The van der Waals surface area contributed by atoms with Gasteiger partial charge in [-0.1, -0.05) is 249 Å². The molecule has 11 rings (SSSR count). The highest BCUT2D eigenvalue weighted by molar-refractivity contribution is 5.93. The zero-order valence-corrected chi connectivity index (χ0v) is 42.2. The third kappa shape index (κ3) is 11.9. The number of para-hydroxylation sites is 2. The molecule has 0 unspecified atom stereocenters. The molecular formula is C74H56N2. The van der Waals surface area contributed by atoms with E-state index in [9.17, 15) is 0 Å². The summed E-state index contributed by atoms with van der Waals surface area (Å²) < 4.78 is 0. The fourth-order valence-electron chi connectivity index (χ4n) is 9.58. The van der Waals surface area contributed by atoms with Crippen LogP contribution in [0.15, 0.2) is 303 Å². The standard InChI is InChI=1S/C74H56N2/c1-7-22-63(23-8-1)73(64-24-9-2-10-25-64)55-61-42-50-71(51-43-61)75(67-30-15-5-16-31-67)69-46-38-57(39-47-69)34-36-59-20-19-21-60(54-59)37-35-58-40-48-70(49-41-58)76(68-32-17-6-18-33-68)72-52-44-62(45-53-72)56-74(65-26-11-3-12-27-65)66-28-13-4-14-29-66/h1-56H/b36-34+,37-35+. The molecule has 0 aliphatic heterocycles. The van der Waals surface area contributed by atoms with Crippen molar-refractivity contribution in [1.29, 1.82) is 0 Å². The van der Waals surface area contributed by atoms with E-state index in [-0.39, 0.29) is 0 Å². The first-order valence-corrected chi connectivity index (χ1v) is 25.9. The Bertz CT molecular complexity index is 3380. The summed E-state index contributed by atoms with van der Waals surface area (Å²) in [7, 11) is 0. The van der Waals surface area contributed by atoms with E-state index >= 15 is 0 Å².